The second kappa shape index (κ2) is 8.39. The maximum Gasteiger partial charge on any atom is 0.135 e. The average Bonchev–Trinajstić information content (AvgIpc) is 3.03. The molecule has 0 aromatic carbocycles. The van der Waals surface area contributed by atoms with Crippen LogP contribution >= 0.6 is 0 Å². The van der Waals surface area contributed by atoms with E-state index in [-0.39, 0.29) is 18.4 Å². The lowest BCUT2D eigenvalue weighted by molar-refractivity contribution is 0.254. The molecule has 1 aliphatic carbocycles. The molecule has 2 heterocycles. The minimum atomic E-state index is 0.119. The van der Waals surface area contributed by atoms with E-state index in [9.17, 15) is 5.11 Å². The van der Waals surface area contributed by atoms with Crippen LogP contribution in [0.4, 0.5) is 5.82 Å². The summed E-state index contributed by atoms with van der Waals surface area (Å²) < 4.78 is 0. The van der Waals surface area contributed by atoms with Crippen LogP contribution in [0, 0.1) is 5.92 Å². The van der Waals surface area contributed by atoms with Gasteiger partial charge in [-0.1, -0.05) is 40.7 Å². The number of fused-ring (bicyclic) bond motifs is 1. The lowest BCUT2D eigenvalue weighted by Crippen LogP contribution is -2.11. The lowest BCUT2D eigenvalue weighted by Gasteiger charge is -2.18. The van der Waals surface area contributed by atoms with Crippen LogP contribution < -0.4 is 5.32 Å². The van der Waals surface area contributed by atoms with Gasteiger partial charge in [0.15, 0.2) is 0 Å². The Labute approximate surface area is 168 Å². The zero-order valence-corrected chi connectivity index (χ0v) is 17.9. The Morgan fingerprint density at radius 2 is 1.86 bits per heavy atom. The number of aryl methyl sites for hydroxylation is 1. The van der Waals surface area contributed by atoms with Gasteiger partial charge in [-0.2, -0.15) is 0 Å². The SMILES string of the molecule is CCc1nc2c(nc1-c1ccc(C(C)C)nc1NC)C(C)C=C2[C@@H](CC)CO. The van der Waals surface area contributed by atoms with Crippen LogP contribution in [0.3, 0.4) is 0 Å². The van der Waals surface area contributed by atoms with Crippen LogP contribution in [-0.4, -0.2) is 33.7 Å². The number of hydrogen-bond acceptors (Lipinski definition) is 5. The van der Waals surface area contributed by atoms with Crippen LogP contribution in [0.5, 0.6) is 0 Å². The summed E-state index contributed by atoms with van der Waals surface area (Å²) in [6.45, 7) is 10.8. The van der Waals surface area contributed by atoms with Gasteiger partial charge in [-0.3, -0.25) is 0 Å². The fourth-order valence-electron chi connectivity index (χ4n) is 3.86. The third kappa shape index (κ3) is 3.55. The van der Waals surface area contributed by atoms with Gasteiger partial charge in [0.1, 0.15) is 5.82 Å². The lowest BCUT2D eigenvalue weighted by atomic mass is 9.96. The van der Waals surface area contributed by atoms with E-state index in [0.717, 1.165) is 58.3 Å². The molecule has 0 fully saturated rings. The highest BCUT2D eigenvalue weighted by atomic mass is 16.3. The van der Waals surface area contributed by atoms with Crippen LogP contribution in [0.2, 0.25) is 0 Å². The summed E-state index contributed by atoms with van der Waals surface area (Å²) in [5, 5.41) is 13.0. The van der Waals surface area contributed by atoms with Crippen molar-refractivity contribution in [2.24, 2.45) is 5.92 Å². The molecule has 5 heteroatoms. The zero-order valence-electron chi connectivity index (χ0n) is 17.9. The Kier molecular flexibility index (Phi) is 6.14. The summed E-state index contributed by atoms with van der Waals surface area (Å²) in [5.74, 6) is 1.53. The van der Waals surface area contributed by atoms with Crippen molar-refractivity contribution in [3.05, 3.63) is 41.0 Å². The summed E-state index contributed by atoms with van der Waals surface area (Å²) in [7, 11) is 1.90. The van der Waals surface area contributed by atoms with Crippen molar-refractivity contribution in [3.63, 3.8) is 0 Å². The Hall–Kier alpha value is -2.27. The molecule has 0 saturated carbocycles. The molecular weight excluding hydrogens is 348 g/mol. The number of anilines is 1. The number of pyridine rings is 1. The molecule has 0 saturated heterocycles. The summed E-state index contributed by atoms with van der Waals surface area (Å²) in [4.78, 5) is 14.9. The topological polar surface area (TPSA) is 70.9 Å². The molecule has 2 atom stereocenters. The van der Waals surface area contributed by atoms with Crippen LogP contribution in [0.15, 0.2) is 18.2 Å². The number of allylic oxidation sites excluding steroid dienone is 1. The van der Waals surface area contributed by atoms with E-state index in [1.54, 1.807) is 0 Å². The normalized spacial score (nSPS) is 16.9. The van der Waals surface area contributed by atoms with Crippen LogP contribution in [0.1, 0.15) is 75.7 Å². The number of rotatable bonds is 7. The summed E-state index contributed by atoms with van der Waals surface area (Å²) in [6.07, 6.45) is 3.91. The molecule has 2 aromatic heterocycles. The maximum absolute atomic E-state index is 9.79. The van der Waals surface area contributed by atoms with Crippen molar-refractivity contribution in [2.45, 2.75) is 59.3 Å². The van der Waals surface area contributed by atoms with E-state index < -0.39 is 0 Å². The molecule has 2 N–H and O–H groups in total. The zero-order chi connectivity index (χ0) is 20.4. The fourth-order valence-corrected chi connectivity index (χ4v) is 3.86. The van der Waals surface area contributed by atoms with Gasteiger partial charge in [0.25, 0.3) is 0 Å². The monoisotopic (exact) mass is 380 g/mol. The highest BCUT2D eigenvalue weighted by molar-refractivity contribution is 5.78. The molecule has 0 amide bonds. The van der Waals surface area contributed by atoms with Crippen LogP contribution in [-0.2, 0) is 6.42 Å². The third-order valence-electron chi connectivity index (χ3n) is 5.62. The summed E-state index contributed by atoms with van der Waals surface area (Å²) in [6, 6.07) is 4.20. The van der Waals surface area contributed by atoms with Gasteiger partial charge in [-0.25, -0.2) is 15.0 Å². The first-order chi connectivity index (χ1) is 13.4. The standard InChI is InChI=1S/C23H32N4O/c1-7-15(12-28)17-11-14(5)20-22(17)25-18(8-2)21(27-20)16-9-10-19(13(3)4)26-23(16)24-6/h9-11,13-15,28H,7-8,12H2,1-6H3,(H,24,26)/t14?,15-/m0/s1. The number of hydrogen-bond donors (Lipinski definition) is 2. The molecule has 0 bridgehead atoms. The van der Waals surface area contributed by atoms with Crippen molar-refractivity contribution in [2.75, 3.05) is 19.0 Å². The van der Waals surface area contributed by atoms with Crippen molar-refractivity contribution in [1.82, 2.24) is 15.0 Å². The molecule has 0 aliphatic heterocycles. The van der Waals surface area contributed by atoms with E-state index in [1.807, 2.05) is 7.05 Å². The second-order valence-corrected chi connectivity index (χ2v) is 7.84. The number of nitrogens with one attached hydrogen (secondary N) is 1. The highest BCUT2D eigenvalue weighted by Gasteiger charge is 2.29. The molecule has 1 aliphatic rings. The first kappa shape index (κ1) is 20.5. The number of nitrogens with zero attached hydrogens (tertiary/aromatic N) is 3. The van der Waals surface area contributed by atoms with Gasteiger partial charge in [0.05, 0.1) is 22.8 Å². The molecule has 5 nitrogen and oxygen atoms in total. The van der Waals surface area contributed by atoms with E-state index in [0.29, 0.717) is 5.92 Å². The maximum atomic E-state index is 9.79. The largest absolute Gasteiger partial charge is 0.396 e. The van der Waals surface area contributed by atoms with Gasteiger partial charge < -0.3 is 10.4 Å². The van der Waals surface area contributed by atoms with Crippen molar-refractivity contribution in [3.8, 4) is 11.3 Å². The molecule has 28 heavy (non-hydrogen) atoms. The van der Waals surface area contributed by atoms with E-state index >= 15 is 0 Å². The van der Waals surface area contributed by atoms with Gasteiger partial charge in [0.2, 0.25) is 0 Å². The number of aromatic nitrogens is 3. The first-order valence-corrected chi connectivity index (χ1v) is 10.4. The van der Waals surface area contributed by atoms with Crippen molar-refractivity contribution in [1.29, 1.82) is 0 Å². The molecule has 150 valence electrons. The average molecular weight is 381 g/mol. The number of aliphatic hydroxyl groups is 1. The van der Waals surface area contributed by atoms with E-state index in [1.165, 1.54) is 0 Å². The molecule has 2 aromatic rings. The third-order valence-corrected chi connectivity index (χ3v) is 5.62. The quantitative estimate of drug-likeness (QED) is 0.723. The second-order valence-electron chi connectivity index (χ2n) is 7.84. The summed E-state index contributed by atoms with van der Waals surface area (Å²) >= 11 is 0. The van der Waals surface area contributed by atoms with E-state index in [2.05, 4.69) is 58.1 Å². The molecular formula is C23H32N4O. The van der Waals surface area contributed by atoms with Gasteiger partial charge in [-0.15, -0.1) is 0 Å². The van der Waals surface area contributed by atoms with Crippen molar-refractivity contribution >= 4 is 11.4 Å². The molecule has 0 spiro atoms. The highest BCUT2D eigenvalue weighted by Crippen LogP contribution is 2.40. The fraction of sp³-hybridized carbons (Fsp3) is 0.522. The molecule has 1 unspecified atom stereocenters. The molecule has 3 rings (SSSR count). The van der Waals surface area contributed by atoms with E-state index in [4.69, 9.17) is 15.0 Å². The number of aliphatic hydroxyl groups excluding tert-OH is 1. The minimum absolute atomic E-state index is 0.119. The Morgan fingerprint density at radius 1 is 1.11 bits per heavy atom. The first-order valence-electron chi connectivity index (χ1n) is 10.4. The summed E-state index contributed by atoms with van der Waals surface area (Å²) in [5.41, 5.74) is 7.05. The smallest absolute Gasteiger partial charge is 0.135 e. The predicted octanol–water partition coefficient (Wildman–Crippen LogP) is 4.79. The van der Waals surface area contributed by atoms with Crippen LogP contribution in [0.25, 0.3) is 16.8 Å². The predicted molar refractivity (Wildman–Crippen MR) is 116 cm³/mol. The Morgan fingerprint density at radius 3 is 2.43 bits per heavy atom. The van der Waals surface area contributed by atoms with Crippen molar-refractivity contribution < 1.29 is 5.11 Å². The van der Waals surface area contributed by atoms with Gasteiger partial charge in [0, 0.05) is 36.7 Å². The minimum Gasteiger partial charge on any atom is -0.396 e. The van der Waals surface area contributed by atoms with Gasteiger partial charge in [-0.05, 0) is 36.5 Å². The Balaban J connectivity index is 2.15. The Bertz CT molecular complexity index is 884. The molecule has 0 radical (unpaired) electrons. The van der Waals surface area contributed by atoms with Gasteiger partial charge >= 0.3 is 0 Å².